The number of amides is 1. The monoisotopic (exact) mass is 363 g/mol. The van der Waals surface area contributed by atoms with Crippen LogP contribution in [0.1, 0.15) is 38.7 Å². The summed E-state index contributed by atoms with van der Waals surface area (Å²) in [7, 11) is 0. The Bertz CT molecular complexity index is 969. The summed E-state index contributed by atoms with van der Waals surface area (Å²) < 4.78 is 5.70. The lowest BCUT2D eigenvalue weighted by atomic mass is 9.64. The Morgan fingerprint density at radius 1 is 1.33 bits per heavy atom. The van der Waals surface area contributed by atoms with Gasteiger partial charge in [-0.15, -0.1) is 0 Å². The van der Waals surface area contributed by atoms with E-state index in [2.05, 4.69) is 6.07 Å². The van der Waals surface area contributed by atoms with Crippen molar-refractivity contribution in [2.24, 2.45) is 11.7 Å². The smallest absolute Gasteiger partial charge is 0.247 e. The molecule has 138 valence electrons. The molecule has 1 spiro atoms. The van der Waals surface area contributed by atoms with Crippen molar-refractivity contribution in [1.82, 2.24) is 0 Å². The van der Waals surface area contributed by atoms with Gasteiger partial charge in [0.1, 0.15) is 22.8 Å². The van der Waals surface area contributed by atoms with Gasteiger partial charge in [-0.3, -0.25) is 9.59 Å². The minimum atomic E-state index is -1.49. The van der Waals surface area contributed by atoms with Gasteiger partial charge in [0.2, 0.25) is 11.8 Å². The number of Topliss-reactive ketones (excluding diaryl/α,β-unsaturated/α-hetero) is 1. The molecule has 0 saturated carbocycles. The van der Waals surface area contributed by atoms with Gasteiger partial charge in [0.05, 0.1) is 5.57 Å². The third-order valence-electron chi connectivity index (χ3n) is 5.58. The zero-order valence-electron chi connectivity index (χ0n) is 15.4. The van der Waals surface area contributed by atoms with Crippen molar-refractivity contribution in [3.05, 3.63) is 52.6 Å². The number of nitrogens with zero attached hydrogens (tertiary/aromatic N) is 2. The fraction of sp³-hybridized carbons (Fsp3) is 0.381. The van der Waals surface area contributed by atoms with Crippen LogP contribution in [0.5, 0.6) is 0 Å². The van der Waals surface area contributed by atoms with Crippen LogP contribution in [0.15, 0.2) is 47.1 Å². The molecule has 2 N–H and O–H groups in total. The maximum Gasteiger partial charge on any atom is 0.247 e. The van der Waals surface area contributed by atoms with Gasteiger partial charge in [0, 0.05) is 30.6 Å². The first-order valence-corrected chi connectivity index (χ1v) is 9.23. The number of para-hydroxylation sites is 1. The molecule has 2 atom stereocenters. The molecule has 1 aromatic carbocycles. The molecule has 3 aliphatic rings. The lowest BCUT2D eigenvalue weighted by Crippen LogP contribution is -2.49. The number of anilines is 1. The van der Waals surface area contributed by atoms with E-state index < -0.39 is 5.41 Å². The second-order valence-corrected chi connectivity index (χ2v) is 7.41. The zero-order chi connectivity index (χ0) is 19.3. The van der Waals surface area contributed by atoms with E-state index in [-0.39, 0.29) is 29.1 Å². The van der Waals surface area contributed by atoms with Gasteiger partial charge in [0.25, 0.3) is 0 Å². The van der Waals surface area contributed by atoms with Crippen LogP contribution >= 0.6 is 0 Å². The van der Waals surface area contributed by atoms with E-state index in [9.17, 15) is 14.9 Å². The highest BCUT2D eigenvalue weighted by Gasteiger charge is 2.62. The van der Waals surface area contributed by atoms with Gasteiger partial charge in [-0.25, -0.2) is 0 Å². The maximum atomic E-state index is 13.8. The molecule has 0 fully saturated rings. The topological polar surface area (TPSA) is 96.4 Å². The predicted molar refractivity (Wildman–Crippen MR) is 99.1 cm³/mol. The number of carbonyl (C=O) groups is 2. The third-order valence-corrected chi connectivity index (χ3v) is 5.58. The molecule has 0 aromatic heterocycles. The lowest BCUT2D eigenvalue weighted by molar-refractivity contribution is -0.125. The second kappa shape index (κ2) is 5.98. The first-order valence-electron chi connectivity index (χ1n) is 9.23. The number of carbonyl (C=O) groups excluding carboxylic acids is 2. The average molecular weight is 363 g/mol. The first-order chi connectivity index (χ1) is 13.0. The number of hydrogen-bond donors (Lipinski definition) is 1. The van der Waals surface area contributed by atoms with Gasteiger partial charge in [-0.1, -0.05) is 32.0 Å². The van der Waals surface area contributed by atoms with E-state index in [1.807, 2.05) is 38.1 Å². The van der Waals surface area contributed by atoms with Crippen molar-refractivity contribution in [3.63, 3.8) is 0 Å². The SMILES string of the molecule is CCCN1C(=O)[C@]2(C(C#N)=C(N)OC3=C2C(=O)C[C@@H](C)C3)c2ccccc21. The normalized spacial score (nSPS) is 26.9. The van der Waals surface area contributed by atoms with E-state index in [1.54, 1.807) is 4.90 Å². The molecule has 27 heavy (non-hydrogen) atoms. The van der Waals surface area contributed by atoms with Crippen LogP contribution in [0.25, 0.3) is 0 Å². The van der Waals surface area contributed by atoms with Crippen molar-refractivity contribution in [2.75, 3.05) is 11.4 Å². The lowest BCUT2D eigenvalue weighted by Gasteiger charge is -2.38. The van der Waals surface area contributed by atoms with Crippen LogP contribution in [-0.2, 0) is 19.7 Å². The molecule has 2 heterocycles. The number of benzene rings is 1. The Morgan fingerprint density at radius 3 is 2.78 bits per heavy atom. The summed E-state index contributed by atoms with van der Waals surface area (Å²) in [6.45, 7) is 4.45. The minimum Gasteiger partial charge on any atom is -0.444 e. The number of ether oxygens (including phenoxy) is 1. The molecule has 1 aliphatic carbocycles. The summed E-state index contributed by atoms with van der Waals surface area (Å²) >= 11 is 0. The van der Waals surface area contributed by atoms with Crippen molar-refractivity contribution in [1.29, 1.82) is 5.26 Å². The number of rotatable bonds is 2. The van der Waals surface area contributed by atoms with Gasteiger partial charge < -0.3 is 15.4 Å². The van der Waals surface area contributed by atoms with Crippen molar-refractivity contribution in [2.45, 2.75) is 38.5 Å². The summed E-state index contributed by atoms with van der Waals surface area (Å²) in [6, 6.07) is 9.42. The fourth-order valence-electron chi connectivity index (χ4n) is 4.59. The molecule has 0 unspecified atom stereocenters. The highest BCUT2D eigenvalue weighted by molar-refractivity contribution is 6.20. The molecule has 1 amide bonds. The first kappa shape index (κ1) is 17.3. The van der Waals surface area contributed by atoms with E-state index >= 15 is 0 Å². The summed E-state index contributed by atoms with van der Waals surface area (Å²) in [5, 5.41) is 9.90. The van der Waals surface area contributed by atoms with Crippen molar-refractivity contribution < 1.29 is 14.3 Å². The summed E-state index contributed by atoms with van der Waals surface area (Å²) in [6.07, 6.45) is 1.60. The Labute approximate surface area is 157 Å². The van der Waals surface area contributed by atoms with Crippen LogP contribution in [0.4, 0.5) is 5.69 Å². The van der Waals surface area contributed by atoms with Crippen LogP contribution in [0.3, 0.4) is 0 Å². The molecule has 1 aromatic rings. The van der Waals surface area contributed by atoms with Gasteiger partial charge >= 0.3 is 0 Å². The standard InChI is InChI=1S/C21H21N3O3/c1-3-8-24-15-7-5-4-6-13(15)21(20(24)26)14(11-22)19(23)27-17-10-12(2)9-16(25)18(17)21/h4-7,12H,3,8-10,23H2,1-2H3/t12-,21+/m1/s1. The molecule has 6 heteroatoms. The quantitative estimate of drug-likeness (QED) is 0.871. The van der Waals surface area contributed by atoms with Gasteiger partial charge in [-0.2, -0.15) is 5.26 Å². The maximum absolute atomic E-state index is 13.8. The van der Waals surface area contributed by atoms with Crippen LogP contribution in [0, 0.1) is 17.2 Å². The number of nitriles is 1. The molecule has 0 saturated heterocycles. The van der Waals surface area contributed by atoms with Gasteiger partial charge in [0.15, 0.2) is 5.78 Å². The highest BCUT2D eigenvalue weighted by atomic mass is 16.5. The van der Waals surface area contributed by atoms with Crippen LogP contribution < -0.4 is 10.6 Å². The van der Waals surface area contributed by atoms with Crippen LogP contribution in [-0.4, -0.2) is 18.2 Å². The average Bonchev–Trinajstić information content (AvgIpc) is 2.85. The number of ketones is 1. The third kappa shape index (κ3) is 2.11. The molecule has 4 rings (SSSR count). The summed E-state index contributed by atoms with van der Waals surface area (Å²) in [5.74, 6) is 0.00823. The predicted octanol–water partition coefficient (Wildman–Crippen LogP) is 2.66. The molecule has 0 bridgehead atoms. The number of fused-ring (bicyclic) bond motifs is 3. The number of nitrogens with two attached hydrogens (primary N) is 1. The molecule has 0 radical (unpaired) electrons. The largest absolute Gasteiger partial charge is 0.444 e. The van der Waals surface area contributed by atoms with E-state index in [1.165, 1.54) is 0 Å². The number of hydrogen-bond acceptors (Lipinski definition) is 5. The van der Waals surface area contributed by atoms with E-state index in [4.69, 9.17) is 10.5 Å². The summed E-state index contributed by atoms with van der Waals surface area (Å²) in [5.41, 5.74) is 6.28. The highest BCUT2D eigenvalue weighted by Crippen LogP contribution is 2.55. The van der Waals surface area contributed by atoms with E-state index in [0.717, 1.165) is 12.1 Å². The molecular formula is C21H21N3O3. The second-order valence-electron chi connectivity index (χ2n) is 7.41. The molecule has 6 nitrogen and oxygen atoms in total. The minimum absolute atomic E-state index is 0.0141. The Hall–Kier alpha value is -3.07. The fourth-order valence-corrected chi connectivity index (χ4v) is 4.59. The van der Waals surface area contributed by atoms with E-state index in [0.29, 0.717) is 36.3 Å². The van der Waals surface area contributed by atoms with Crippen LogP contribution in [0.2, 0.25) is 0 Å². The van der Waals surface area contributed by atoms with Gasteiger partial charge in [-0.05, 0) is 18.4 Å². The molecular weight excluding hydrogens is 342 g/mol. The molecule has 2 aliphatic heterocycles. The Morgan fingerprint density at radius 2 is 2.07 bits per heavy atom. The van der Waals surface area contributed by atoms with Crippen molar-refractivity contribution >= 4 is 17.4 Å². The van der Waals surface area contributed by atoms with Crippen molar-refractivity contribution in [3.8, 4) is 6.07 Å². The Kier molecular flexibility index (Phi) is 3.84. The Balaban J connectivity index is 2.09. The summed E-state index contributed by atoms with van der Waals surface area (Å²) in [4.78, 5) is 28.5. The number of allylic oxidation sites excluding steroid dienone is 1. The zero-order valence-corrected chi connectivity index (χ0v) is 15.4.